The highest BCUT2D eigenvalue weighted by Gasteiger charge is 2.67. The quantitative estimate of drug-likeness (QED) is 0.0550. The topological polar surface area (TPSA) is 242 Å². The van der Waals surface area contributed by atoms with E-state index in [9.17, 15) is 50.4 Å². The number of hydrogen-bond donors (Lipinski definition) is 8. The van der Waals surface area contributed by atoms with Crippen LogP contribution >= 0.6 is 0 Å². The van der Waals surface area contributed by atoms with Crippen LogP contribution in [0, 0.1) is 0 Å². The maximum Gasteiger partial charge on any atom is 0.331 e. The molecular weight excluding hydrogens is 780 g/mol. The first-order valence-corrected chi connectivity index (χ1v) is 18.3. The molecule has 300 valence electrons. The summed E-state index contributed by atoms with van der Waals surface area (Å²) in [5, 5.41) is 86.5. The average molecular weight is 811 g/mol. The van der Waals surface area contributed by atoms with Gasteiger partial charge in [-0.15, -0.1) is 0 Å². The number of esters is 2. The van der Waals surface area contributed by atoms with Crippen molar-refractivity contribution in [3.8, 4) is 74.7 Å². The van der Waals surface area contributed by atoms with Crippen molar-refractivity contribution in [2.24, 2.45) is 0 Å². The normalized spacial score (nSPS) is 21.6. The number of fused-ring (bicyclic) bond motifs is 8. The highest BCUT2D eigenvalue weighted by molar-refractivity contribution is 6.03. The van der Waals surface area contributed by atoms with Crippen molar-refractivity contribution in [1.29, 1.82) is 0 Å². The number of phenolic OH excluding ortho intramolecular Hbond substituents is 8. The molecule has 0 saturated carbocycles. The summed E-state index contributed by atoms with van der Waals surface area (Å²) in [6.45, 7) is 0. The molecule has 2 spiro atoms. The lowest BCUT2D eigenvalue weighted by Crippen LogP contribution is -2.40. The van der Waals surface area contributed by atoms with Gasteiger partial charge in [0.2, 0.25) is 5.75 Å². The molecule has 4 aliphatic rings. The Morgan fingerprint density at radius 2 is 0.950 bits per heavy atom. The lowest BCUT2D eigenvalue weighted by molar-refractivity contribution is -0.139. The first-order valence-electron chi connectivity index (χ1n) is 18.3. The van der Waals surface area contributed by atoms with Gasteiger partial charge in [-0.3, -0.25) is 9.59 Å². The third kappa shape index (κ3) is 4.70. The van der Waals surface area contributed by atoms with Gasteiger partial charge in [0.1, 0.15) is 69.7 Å². The number of hydrogen-bond acceptors (Lipinski definition) is 15. The fraction of sp³-hybridized carbons (Fsp3) is 0.111. The molecule has 15 nitrogen and oxygen atoms in total. The molecule has 4 atom stereocenters. The Kier molecular flexibility index (Phi) is 7.47. The molecule has 8 N–H and O–H groups in total. The Labute approximate surface area is 338 Å². The number of carbonyl (C=O) groups excluding carboxylic acids is 2. The third-order valence-corrected chi connectivity index (χ3v) is 11.4. The summed E-state index contributed by atoms with van der Waals surface area (Å²) in [6.07, 6.45) is 0.367. The van der Waals surface area contributed by atoms with Gasteiger partial charge in [-0.1, -0.05) is 36.4 Å². The smallest absolute Gasteiger partial charge is 0.331 e. The van der Waals surface area contributed by atoms with Gasteiger partial charge < -0.3 is 64.5 Å². The van der Waals surface area contributed by atoms with Crippen LogP contribution in [-0.4, -0.2) is 59.9 Å². The predicted molar refractivity (Wildman–Crippen MR) is 207 cm³/mol. The zero-order valence-electron chi connectivity index (χ0n) is 30.9. The number of benzene rings is 6. The highest BCUT2D eigenvalue weighted by atomic mass is 16.6. The molecule has 0 bridgehead atoms. The van der Waals surface area contributed by atoms with E-state index in [2.05, 4.69) is 0 Å². The highest BCUT2D eigenvalue weighted by Crippen LogP contribution is 2.67. The number of carbonyl (C=O) groups is 2. The van der Waals surface area contributed by atoms with Crippen molar-refractivity contribution in [3.05, 3.63) is 136 Å². The van der Waals surface area contributed by atoms with E-state index in [0.717, 1.165) is 12.1 Å². The number of rotatable bonds is 5. The summed E-state index contributed by atoms with van der Waals surface area (Å²) >= 11 is 0. The first kappa shape index (κ1) is 36.2. The van der Waals surface area contributed by atoms with Gasteiger partial charge in [0.15, 0.2) is 22.3 Å². The molecule has 0 amide bonds. The van der Waals surface area contributed by atoms with Crippen LogP contribution in [0.1, 0.15) is 56.7 Å². The molecule has 0 fully saturated rings. The molecule has 4 heterocycles. The average Bonchev–Trinajstić information content (AvgIpc) is 3.90. The van der Waals surface area contributed by atoms with Crippen LogP contribution < -0.4 is 23.7 Å². The molecule has 4 aliphatic heterocycles. The van der Waals surface area contributed by atoms with Crippen LogP contribution in [0.15, 0.2) is 91.0 Å². The molecule has 6 aromatic rings. The summed E-state index contributed by atoms with van der Waals surface area (Å²) in [7, 11) is 1.25. The molecular formula is C45H30O15. The molecule has 0 saturated heterocycles. The van der Waals surface area contributed by atoms with Gasteiger partial charge in [0.25, 0.3) is 0 Å². The van der Waals surface area contributed by atoms with E-state index in [1.165, 1.54) is 98.1 Å². The van der Waals surface area contributed by atoms with Crippen LogP contribution in [0.25, 0.3) is 12.2 Å². The van der Waals surface area contributed by atoms with Crippen LogP contribution in [0.5, 0.6) is 74.7 Å². The molecule has 15 heteroatoms. The standard InChI is InChI=1S/C45H30O15/c1-56-38-30(53)13-22(35-39(38)60-43(55)45(35)37-29(52)15-27(50)18-33(37)58-41(45)20-6-10-24(47)11-7-20)3-2-21-12-25(48)16-31-34(21)44(42(54)59-31)36-28(51)14-26(49)17-32(36)57-40(44)19-4-8-23(46)9-5-19/h2-18,40-41,46-53H,1H3/t40-,41+,44-,45+/m0/s1. The number of methoxy groups -OCH3 is 1. The van der Waals surface area contributed by atoms with Gasteiger partial charge >= 0.3 is 11.9 Å². The summed E-state index contributed by atoms with van der Waals surface area (Å²) in [5.41, 5.74) is -3.00. The number of ether oxygens (including phenoxy) is 5. The minimum absolute atomic E-state index is 0.0418. The summed E-state index contributed by atoms with van der Waals surface area (Å²) in [6, 6.07) is 20.0. The molecule has 6 aromatic carbocycles. The van der Waals surface area contributed by atoms with Crippen molar-refractivity contribution in [2.45, 2.75) is 23.0 Å². The second-order valence-electron chi connectivity index (χ2n) is 14.7. The maximum atomic E-state index is 14.6. The zero-order valence-corrected chi connectivity index (χ0v) is 30.9. The summed E-state index contributed by atoms with van der Waals surface area (Å²) < 4.78 is 30.0. The molecule has 0 aliphatic carbocycles. The minimum Gasteiger partial charge on any atom is -0.508 e. The second kappa shape index (κ2) is 12.4. The van der Waals surface area contributed by atoms with Crippen molar-refractivity contribution in [1.82, 2.24) is 0 Å². The van der Waals surface area contributed by atoms with Gasteiger partial charge in [0, 0.05) is 41.5 Å². The van der Waals surface area contributed by atoms with Gasteiger partial charge in [-0.25, -0.2) is 0 Å². The fourth-order valence-electron chi connectivity index (χ4n) is 9.18. The fourth-order valence-corrected chi connectivity index (χ4v) is 9.18. The van der Waals surface area contributed by atoms with Crippen molar-refractivity contribution in [2.75, 3.05) is 7.11 Å². The Morgan fingerprint density at radius 3 is 1.47 bits per heavy atom. The van der Waals surface area contributed by atoms with Gasteiger partial charge in [-0.05, 0) is 58.7 Å². The maximum absolute atomic E-state index is 14.6. The van der Waals surface area contributed by atoms with E-state index in [0.29, 0.717) is 11.1 Å². The molecule has 60 heavy (non-hydrogen) atoms. The minimum atomic E-state index is -2.04. The van der Waals surface area contributed by atoms with Crippen LogP contribution in [0.2, 0.25) is 0 Å². The number of aromatic hydroxyl groups is 8. The lowest BCUT2D eigenvalue weighted by atomic mass is 9.68. The van der Waals surface area contributed by atoms with Crippen molar-refractivity contribution in [3.63, 3.8) is 0 Å². The molecule has 0 radical (unpaired) electrons. The SMILES string of the molecule is COc1c(O)cc(C=Cc2cc(O)cc3c2[C@]2(C(=O)O3)c3c(O)cc(O)cc3O[C@H]2c2ccc(O)cc2)c2c1OC(=O)[C@@]21c2c(O)cc(O)cc2O[C@@H]1c1ccc(O)cc1. The molecule has 0 aromatic heterocycles. The number of phenols is 8. The van der Waals surface area contributed by atoms with Crippen LogP contribution in [0.4, 0.5) is 0 Å². The van der Waals surface area contributed by atoms with Crippen molar-refractivity contribution >= 4 is 24.1 Å². The lowest BCUT2D eigenvalue weighted by Gasteiger charge is -2.29. The largest absolute Gasteiger partial charge is 0.508 e. The van der Waals surface area contributed by atoms with Crippen molar-refractivity contribution < 1.29 is 74.1 Å². The predicted octanol–water partition coefficient (Wildman–Crippen LogP) is 6.19. The Bertz CT molecular complexity index is 2900. The van der Waals surface area contributed by atoms with Crippen LogP contribution in [-0.2, 0) is 20.4 Å². The van der Waals surface area contributed by atoms with Gasteiger partial charge in [-0.2, -0.15) is 0 Å². The van der Waals surface area contributed by atoms with E-state index in [1.54, 1.807) is 0 Å². The van der Waals surface area contributed by atoms with E-state index in [-0.39, 0.29) is 90.9 Å². The van der Waals surface area contributed by atoms with E-state index >= 15 is 0 Å². The van der Waals surface area contributed by atoms with Gasteiger partial charge in [0.05, 0.1) is 18.2 Å². The monoisotopic (exact) mass is 810 g/mol. The summed E-state index contributed by atoms with van der Waals surface area (Å²) in [5.74, 6) is -5.17. The Balaban J connectivity index is 1.23. The third-order valence-electron chi connectivity index (χ3n) is 11.4. The summed E-state index contributed by atoms with van der Waals surface area (Å²) in [4.78, 5) is 29.1. The van der Waals surface area contributed by atoms with E-state index < -0.39 is 52.2 Å². The van der Waals surface area contributed by atoms with E-state index in [1.807, 2.05) is 0 Å². The zero-order chi connectivity index (χ0) is 42.0. The Morgan fingerprint density at radius 1 is 0.500 bits per heavy atom. The molecule has 10 rings (SSSR count). The van der Waals surface area contributed by atoms with Crippen LogP contribution in [0.3, 0.4) is 0 Å². The first-order chi connectivity index (χ1) is 28.8. The van der Waals surface area contributed by atoms with E-state index in [4.69, 9.17) is 23.7 Å². The Hall–Kier alpha value is -8.20. The second-order valence-corrected chi connectivity index (χ2v) is 14.7. The molecule has 0 unspecified atom stereocenters.